The van der Waals surface area contributed by atoms with Gasteiger partial charge < -0.3 is 4.90 Å². The van der Waals surface area contributed by atoms with E-state index in [-0.39, 0.29) is 5.91 Å². The third-order valence-corrected chi connectivity index (χ3v) is 5.78. The summed E-state index contributed by atoms with van der Waals surface area (Å²) in [7, 11) is 0. The fraction of sp³-hybridized carbons (Fsp3) is 0.421. The Balaban J connectivity index is 1.61. The van der Waals surface area contributed by atoms with Crippen LogP contribution in [0.25, 0.3) is 16.6 Å². The third kappa shape index (κ3) is 3.11. The Kier molecular flexibility index (Phi) is 4.37. The monoisotopic (exact) mass is 354 g/mol. The van der Waals surface area contributed by atoms with E-state index in [1.165, 1.54) is 18.2 Å². The van der Waals surface area contributed by atoms with E-state index in [2.05, 4.69) is 39.7 Å². The van der Waals surface area contributed by atoms with E-state index < -0.39 is 0 Å². The molecule has 0 bridgehead atoms. The van der Waals surface area contributed by atoms with Crippen LogP contribution in [-0.2, 0) is 4.79 Å². The Labute approximate surface area is 151 Å². The molecule has 5 nitrogen and oxygen atoms in total. The lowest BCUT2D eigenvalue weighted by atomic mass is 10.0. The first-order chi connectivity index (χ1) is 12.1. The van der Waals surface area contributed by atoms with E-state index in [4.69, 9.17) is 0 Å². The summed E-state index contributed by atoms with van der Waals surface area (Å²) in [5.74, 6) is 1.21. The molecule has 1 saturated heterocycles. The number of hydrogen-bond donors (Lipinski definition) is 0. The lowest BCUT2D eigenvalue weighted by molar-refractivity contribution is -0.130. The fourth-order valence-corrected chi connectivity index (χ4v) is 4.43. The average molecular weight is 354 g/mol. The molecule has 3 aromatic rings. The highest BCUT2D eigenvalue weighted by Crippen LogP contribution is 2.26. The van der Waals surface area contributed by atoms with Crippen LogP contribution in [0.3, 0.4) is 0 Å². The minimum absolute atomic E-state index is 0.199. The quantitative estimate of drug-likeness (QED) is 0.675. The number of piperidine rings is 1. The summed E-state index contributed by atoms with van der Waals surface area (Å²) in [5, 5.41) is 10.6. The molecule has 25 heavy (non-hydrogen) atoms. The van der Waals surface area contributed by atoms with Crippen molar-refractivity contribution in [2.75, 3.05) is 18.8 Å². The van der Waals surface area contributed by atoms with Gasteiger partial charge in [0.05, 0.1) is 11.3 Å². The van der Waals surface area contributed by atoms with E-state index in [0.717, 1.165) is 46.8 Å². The largest absolute Gasteiger partial charge is 0.342 e. The maximum atomic E-state index is 12.6. The number of amides is 1. The van der Waals surface area contributed by atoms with Crippen molar-refractivity contribution in [2.24, 2.45) is 5.92 Å². The highest BCUT2D eigenvalue weighted by Gasteiger charge is 2.22. The van der Waals surface area contributed by atoms with Crippen LogP contribution in [0.1, 0.15) is 25.3 Å². The first-order valence-electron chi connectivity index (χ1n) is 8.77. The molecule has 1 aliphatic rings. The number of rotatable bonds is 3. The van der Waals surface area contributed by atoms with Gasteiger partial charge in [-0.1, -0.05) is 36.9 Å². The van der Waals surface area contributed by atoms with Gasteiger partial charge in [0, 0.05) is 13.1 Å². The zero-order chi connectivity index (χ0) is 17.4. The second-order valence-corrected chi connectivity index (χ2v) is 7.85. The minimum atomic E-state index is 0.199. The van der Waals surface area contributed by atoms with Crippen molar-refractivity contribution in [1.82, 2.24) is 19.5 Å². The van der Waals surface area contributed by atoms with Crippen molar-refractivity contribution in [3.8, 4) is 0 Å². The number of nitrogens with zero attached hydrogens (tertiary/aromatic N) is 4. The van der Waals surface area contributed by atoms with Crippen molar-refractivity contribution in [3.63, 3.8) is 0 Å². The zero-order valence-corrected chi connectivity index (χ0v) is 15.4. The number of fused-ring (bicyclic) bond motifs is 3. The van der Waals surface area contributed by atoms with Gasteiger partial charge in [-0.05, 0) is 48.8 Å². The van der Waals surface area contributed by atoms with Crippen LogP contribution >= 0.6 is 11.8 Å². The zero-order valence-electron chi connectivity index (χ0n) is 14.6. The molecule has 6 heteroatoms. The lowest BCUT2D eigenvalue weighted by Crippen LogP contribution is -2.40. The molecule has 0 spiro atoms. The van der Waals surface area contributed by atoms with Gasteiger partial charge in [-0.15, -0.1) is 10.2 Å². The standard InChI is InChI=1S/C19H22N4OS/c1-13-6-5-9-22(11-13)17(24)12-25-19-21-20-18-14(2)10-15-7-3-4-8-16(15)23(18)19/h3-4,7-8,10,13H,5-6,9,11-12H2,1-2H3. The van der Waals surface area contributed by atoms with Crippen molar-refractivity contribution in [2.45, 2.75) is 31.8 Å². The van der Waals surface area contributed by atoms with Crippen molar-refractivity contribution in [3.05, 3.63) is 35.9 Å². The van der Waals surface area contributed by atoms with E-state index in [1.807, 2.05) is 24.0 Å². The number of benzene rings is 1. The summed E-state index contributed by atoms with van der Waals surface area (Å²) >= 11 is 1.48. The number of hydrogen-bond acceptors (Lipinski definition) is 4. The van der Waals surface area contributed by atoms with Gasteiger partial charge >= 0.3 is 0 Å². The molecule has 1 unspecified atom stereocenters. The number of likely N-dealkylation sites (tertiary alicyclic amines) is 1. The van der Waals surface area contributed by atoms with E-state index in [0.29, 0.717) is 11.7 Å². The molecule has 2 aromatic heterocycles. The Hall–Kier alpha value is -2.08. The number of carbonyl (C=O) groups excluding carboxylic acids is 1. The number of aromatic nitrogens is 3. The number of carbonyl (C=O) groups is 1. The Morgan fingerprint density at radius 3 is 3.00 bits per heavy atom. The molecule has 1 atom stereocenters. The molecule has 130 valence electrons. The van der Waals surface area contributed by atoms with Crippen LogP contribution in [-0.4, -0.2) is 44.2 Å². The molecule has 4 rings (SSSR count). The summed E-state index contributed by atoms with van der Waals surface area (Å²) in [6, 6.07) is 10.4. The lowest BCUT2D eigenvalue weighted by Gasteiger charge is -2.30. The molecule has 0 N–H and O–H groups in total. The second kappa shape index (κ2) is 6.67. The maximum absolute atomic E-state index is 12.6. The molecule has 1 fully saturated rings. The Bertz CT molecular complexity index is 936. The van der Waals surface area contributed by atoms with Gasteiger partial charge in [0.15, 0.2) is 10.8 Å². The van der Waals surface area contributed by atoms with Crippen LogP contribution in [0.2, 0.25) is 0 Å². The third-order valence-electron chi connectivity index (χ3n) is 4.87. The van der Waals surface area contributed by atoms with Crippen LogP contribution in [0.15, 0.2) is 35.5 Å². The maximum Gasteiger partial charge on any atom is 0.233 e. The Morgan fingerprint density at radius 2 is 2.16 bits per heavy atom. The number of para-hydroxylation sites is 1. The van der Waals surface area contributed by atoms with Crippen LogP contribution in [0.4, 0.5) is 0 Å². The van der Waals surface area contributed by atoms with Gasteiger partial charge in [-0.3, -0.25) is 9.20 Å². The van der Waals surface area contributed by atoms with Gasteiger partial charge in [0.1, 0.15) is 0 Å². The van der Waals surface area contributed by atoms with Gasteiger partial charge in [0.2, 0.25) is 5.91 Å². The van der Waals surface area contributed by atoms with E-state index in [9.17, 15) is 4.79 Å². The van der Waals surface area contributed by atoms with Gasteiger partial charge in [-0.2, -0.15) is 0 Å². The predicted molar refractivity (Wildman–Crippen MR) is 101 cm³/mol. The fourth-order valence-electron chi connectivity index (χ4n) is 3.58. The summed E-state index contributed by atoms with van der Waals surface area (Å²) < 4.78 is 2.07. The first kappa shape index (κ1) is 16.4. The Morgan fingerprint density at radius 1 is 1.32 bits per heavy atom. The highest BCUT2D eigenvalue weighted by molar-refractivity contribution is 7.99. The molecule has 0 radical (unpaired) electrons. The summed E-state index contributed by atoms with van der Waals surface area (Å²) in [6.45, 7) is 6.02. The first-order valence-corrected chi connectivity index (χ1v) is 9.76. The molecule has 3 heterocycles. The van der Waals surface area contributed by atoms with Gasteiger partial charge in [0.25, 0.3) is 0 Å². The normalized spacial score (nSPS) is 18.2. The molecule has 1 amide bonds. The second-order valence-electron chi connectivity index (χ2n) is 6.90. The van der Waals surface area contributed by atoms with Crippen LogP contribution < -0.4 is 0 Å². The van der Waals surface area contributed by atoms with Crippen LogP contribution in [0, 0.1) is 12.8 Å². The molecule has 1 aromatic carbocycles. The van der Waals surface area contributed by atoms with Crippen LogP contribution in [0.5, 0.6) is 0 Å². The van der Waals surface area contributed by atoms with Crippen molar-refractivity contribution < 1.29 is 4.79 Å². The predicted octanol–water partition coefficient (Wildman–Crippen LogP) is 3.54. The summed E-state index contributed by atoms with van der Waals surface area (Å²) in [6.07, 6.45) is 2.33. The van der Waals surface area contributed by atoms with E-state index >= 15 is 0 Å². The average Bonchev–Trinajstić information content (AvgIpc) is 3.05. The summed E-state index contributed by atoms with van der Waals surface area (Å²) in [5.41, 5.74) is 3.03. The van der Waals surface area contributed by atoms with E-state index in [1.54, 1.807) is 0 Å². The summed E-state index contributed by atoms with van der Waals surface area (Å²) in [4.78, 5) is 14.5. The van der Waals surface area contributed by atoms with Gasteiger partial charge in [-0.25, -0.2) is 0 Å². The number of aryl methyl sites for hydroxylation is 1. The molecular weight excluding hydrogens is 332 g/mol. The minimum Gasteiger partial charge on any atom is -0.342 e. The molecule has 0 saturated carbocycles. The SMILES string of the molecule is Cc1cc2ccccc2n2c(SCC(=O)N3CCCC(C)C3)nnc12. The smallest absolute Gasteiger partial charge is 0.233 e. The molecule has 0 aliphatic carbocycles. The molecule has 1 aliphatic heterocycles. The number of thioether (sulfide) groups is 1. The van der Waals surface area contributed by atoms with Crippen molar-refractivity contribution in [1.29, 1.82) is 0 Å². The number of pyridine rings is 1. The van der Waals surface area contributed by atoms with Crippen molar-refractivity contribution >= 4 is 34.2 Å². The highest BCUT2D eigenvalue weighted by atomic mass is 32.2. The topological polar surface area (TPSA) is 50.5 Å². The molecular formula is C19H22N4OS.